The van der Waals surface area contributed by atoms with Gasteiger partial charge in [0.1, 0.15) is 0 Å². The van der Waals surface area contributed by atoms with Gasteiger partial charge in [0.2, 0.25) is 5.91 Å². The third-order valence-electron chi connectivity index (χ3n) is 2.87. The zero-order valence-electron chi connectivity index (χ0n) is 9.25. The maximum atomic E-state index is 12.3. The summed E-state index contributed by atoms with van der Waals surface area (Å²) in [5, 5.41) is 0. The van der Waals surface area contributed by atoms with Gasteiger partial charge in [-0.15, -0.1) is 0 Å². The minimum Gasteiger partial charge on any atom is -0.334 e. The molecule has 1 amide bonds. The summed E-state index contributed by atoms with van der Waals surface area (Å²) in [5.41, 5.74) is 0. The summed E-state index contributed by atoms with van der Waals surface area (Å²) >= 11 is 0. The maximum Gasteiger partial charge on any atom is 0.255 e. The molecule has 1 fully saturated rings. The summed E-state index contributed by atoms with van der Waals surface area (Å²) in [6.07, 6.45) is -0.848. The number of alkyl halides is 2. The number of halogens is 2. The Morgan fingerprint density at radius 3 is 2.40 bits per heavy atom. The van der Waals surface area contributed by atoms with Gasteiger partial charge >= 0.3 is 0 Å². The molecule has 0 aromatic heterocycles. The monoisotopic (exact) mass is 220 g/mol. The van der Waals surface area contributed by atoms with Crippen LogP contribution >= 0.6 is 0 Å². The molecule has 0 spiro atoms. The van der Waals surface area contributed by atoms with Crippen molar-refractivity contribution in [1.29, 1.82) is 0 Å². The van der Waals surface area contributed by atoms with E-state index in [1.54, 1.807) is 0 Å². The average Bonchev–Trinajstić information content (AvgIpc) is 2.15. The summed E-state index contributed by atoms with van der Waals surface area (Å²) < 4.78 is 24.5. The minimum atomic E-state index is -2.44. The fourth-order valence-electron chi connectivity index (χ4n) is 1.99. The molecule has 1 rings (SSSR count). The molecule has 0 atom stereocenters. The second-order valence-electron chi connectivity index (χ2n) is 4.10. The SMILES string of the molecule is CC(=O)N(CC(F)F)C1CCN(C)CC1. The van der Waals surface area contributed by atoms with Crippen LogP contribution in [0.1, 0.15) is 19.8 Å². The molecular weight excluding hydrogens is 202 g/mol. The topological polar surface area (TPSA) is 23.6 Å². The number of amides is 1. The molecule has 0 bridgehead atoms. The molecule has 5 heteroatoms. The van der Waals surface area contributed by atoms with Crippen molar-refractivity contribution >= 4 is 5.91 Å². The average molecular weight is 220 g/mol. The second kappa shape index (κ2) is 5.39. The number of nitrogens with zero attached hydrogens (tertiary/aromatic N) is 2. The van der Waals surface area contributed by atoms with Crippen molar-refractivity contribution in [2.45, 2.75) is 32.2 Å². The second-order valence-corrected chi connectivity index (χ2v) is 4.10. The van der Waals surface area contributed by atoms with Crippen LogP contribution in [0.3, 0.4) is 0 Å². The van der Waals surface area contributed by atoms with Crippen molar-refractivity contribution < 1.29 is 13.6 Å². The van der Waals surface area contributed by atoms with Crippen LogP contribution in [0.15, 0.2) is 0 Å². The molecule has 0 N–H and O–H groups in total. The van der Waals surface area contributed by atoms with Crippen LogP contribution in [-0.4, -0.2) is 54.9 Å². The summed E-state index contributed by atoms with van der Waals surface area (Å²) in [7, 11) is 2.00. The Bertz CT molecular complexity index is 215. The molecule has 0 aromatic carbocycles. The molecule has 0 saturated carbocycles. The van der Waals surface area contributed by atoms with Crippen LogP contribution in [0.25, 0.3) is 0 Å². The molecule has 3 nitrogen and oxygen atoms in total. The van der Waals surface area contributed by atoms with Crippen molar-refractivity contribution in [3.63, 3.8) is 0 Å². The molecular formula is C10H18F2N2O. The zero-order chi connectivity index (χ0) is 11.4. The van der Waals surface area contributed by atoms with Crippen LogP contribution in [0, 0.1) is 0 Å². The van der Waals surface area contributed by atoms with E-state index in [9.17, 15) is 13.6 Å². The standard InChI is InChI=1S/C10H18F2N2O/c1-8(15)14(7-10(11)12)9-3-5-13(2)6-4-9/h9-10H,3-7H2,1-2H3. The highest BCUT2D eigenvalue weighted by Gasteiger charge is 2.26. The maximum absolute atomic E-state index is 12.3. The lowest BCUT2D eigenvalue weighted by Gasteiger charge is -2.36. The van der Waals surface area contributed by atoms with Gasteiger partial charge in [0.05, 0.1) is 6.54 Å². The fourth-order valence-corrected chi connectivity index (χ4v) is 1.99. The Hall–Kier alpha value is -0.710. The lowest BCUT2D eigenvalue weighted by molar-refractivity contribution is -0.134. The quantitative estimate of drug-likeness (QED) is 0.713. The number of likely N-dealkylation sites (tertiary alicyclic amines) is 1. The summed E-state index contributed by atoms with van der Waals surface area (Å²) in [6.45, 7) is 2.68. The molecule has 15 heavy (non-hydrogen) atoms. The summed E-state index contributed by atoms with van der Waals surface area (Å²) in [5.74, 6) is -0.246. The van der Waals surface area contributed by atoms with E-state index in [2.05, 4.69) is 4.90 Å². The highest BCUT2D eigenvalue weighted by molar-refractivity contribution is 5.73. The first-order valence-electron chi connectivity index (χ1n) is 5.24. The Balaban J connectivity index is 2.52. The van der Waals surface area contributed by atoms with Crippen LogP contribution < -0.4 is 0 Å². The van der Waals surface area contributed by atoms with E-state index in [-0.39, 0.29) is 11.9 Å². The highest BCUT2D eigenvalue weighted by atomic mass is 19.3. The zero-order valence-corrected chi connectivity index (χ0v) is 9.25. The van der Waals surface area contributed by atoms with Crippen molar-refractivity contribution in [2.75, 3.05) is 26.7 Å². The van der Waals surface area contributed by atoms with Crippen LogP contribution in [0.4, 0.5) is 8.78 Å². The highest BCUT2D eigenvalue weighted by Crippen LogP contribution is 2.16. The molecule has 0 unspecified atom stereocenters. The van der Waals surface area contributed by atoms with E-state index >= 15 is 0 Å². The van der Waals surface area contributed by atoms with Crippen molar-refractivity contribution in [2.24, 2.45) is 0 Å². The molecule has 0 radical (unpaired) electrons. The van der Waals surface area contributed by atoms with Crippen molar-refractivity contribution in [3.05, 3.63) is 0 Å². The van der Waals surface area contributed by atoms with Gasteiger partial charge in [0.15, 0.2) is 0 Å². The van der Waals surface area contributed by atoms with Crippen LogP contribution in [-0.2, 0) is 4.79 Å². The third kappa shape index (κ3) is 3.74. The van der Waals surface area contributed by atoms with Gasteiger partial charge in [-0.25, -0.2) is 8.78 Å². The Labute approximate surface area is 89.0 Å². The first-order chi connectivity index (χ1) is 7.00. The van der Waals surface area contributed by atoms with Crippen LogP contribution in [0.5, 0.6) is 0 Å². The Kier molecular flexibility index (Phi) is 4.45. The lowest BCUT2D eigenvalue weighted by Crippen LogP contribution is -2.47. The Morgan fingerprint density at radius 2 is 2.00 bits per heavy atom. The first kappa shape index (κ1) is 12.4. The predicted octanol–water partition coefficient (Wildman–Crippen LogP) is 1.19. The molecule has 1 aliphatic heterocycles. The number of rotatable bonds is 3. The third-order valence-corrected chi connectivity index (χ3v) is 2.87. The van der Waals surface area contributed by atoms with E-state index in [1.165, 1.54) is 11.8 Å². The van der Waals surface area contributed by atoms with Gasteiger partial charge in [0.25, 0.3) is 6.43 Å². The normalized spacial score (nSPS) is 19.5. The van der Waals surface area contributed by atoms with Gasteiger partial charge in [-0.1, -0.05) is 0 Å². The van der Waals surface area contributed by atoms with E-state index in [1.807, 2.05) is 7.05 Å². The van der Waals surface area contributed by atoms with E-state index in [0.29, 0.717) is 0 Å². The predicted molar refractivity (Wildman–Crippen MR) is 53.9 cm³/mol. The van der Waals surface area contributed by atoms with Gasteiger partial charge in [-0.05, 0) is 33.0 Å². The van der Waals surface area contributed by atoms with Gasteiger partial charge in [-0.3, -0.25) is 4.79 Å². The van der Waals surface area contributed by atoms with E-state index in [4.69, 9.17) is 0 Å². The fraction of sp³-hybridized carbons (Fsp3) is 0.900. The molecule has 1 aliphatic rings. The van der Waals surface area contributed by atoms with Crippen molar-refractivity contribution in [3.8, 4) is 0 Å². The van der Waals surface area contributed by atoms with E-state index < -0.39 is 13.0 Å². The lowest BCUT2D eigenvalue weighted by atomic mass is 10.0. The molecule has 88 valence electrons. The van der Waals surface area contributed by atoms with Gasteiger partial charge < -0.3 is 9.80 Å². The summed E-state index contributed by atoms with van der Waals surface area (Å²) in [6, 6.07) is -0.00676. The largest absolute Gasteiger partial charge is 0.334 e. The number of carbonyl (C=O) groups is 1. The summed E-state index contributed by atoms with van der Waals surface area (Å²) in [4.78, 5) is 14.7. The Morgan fingerprint density at radius 1 is 1.47 bits per heavy atom. The number of hydrogen-bond acceptors (Lipinski definition) is 2. The van der Waals surface area contributed by atoms with Gasteiger partial charge in [-0.2, -0.15) is 0 Å². The van der Waals surface area contributed by atoms with Crippen molar-refractivity contribution in [1.82, 2.24) is 9.80 Å². The number of hydrogen-bond donors (Lipinski definition) is 0. The molecule has 0 aromatic rings. The molecule has 1 saturated heterocycles. The van der Waals surface area contributed by atoms with E-state index in [0.717, 1.165) is 25.9 Å². The smallest absolute Gasteiger partial charge is 0.255 e. The first-order valence-corrected chi connectivity index (χ1v) is 5.24. The number of piperidine rings is 1. The van der Waals surface area contributed by atoms with Crippen LogP contribution in [0.2, 0.25) is 0 Å². The number of carbonyl (C=O) groups excluding carboxylic acids is 1. The molecule has 1 heterocycles. The van der Waals surface area contributed by atoms with Gasteiger partial charge in [0, 0.05) is 13.0 Å². The minimum absolute atomic E-state index is 0.00676. The molecule has 0 aliphatic carbocycles.